The summed E-state index contributed by atoms with van der Waals surface area (Å²) in [6, 6.07) is 10.6. The Morgan fingerprint density at radius 2 is 1.89 bits per heavy atom. The highest BCUT2D eigenvalue weighted by Gasteiger charge is 2.24. The van der Waals surface area contributed by atoms with Crippen LogP contribution in [0.5, 0.6) is 0 Å². The summed E-state index contributed by atoms with van der Waals surface area (Å²) in [4.78, 5) is 22.0. The minimum Gasteiger partial charge on any atom is -0.468 e. The lowest BCUT2D eigenvalue weighted by atomic mass is 10.2. The average molecular weight is 403 g/mol. The van der Waals surface area contributed by atoms with Crippen molar-refractivity contribution in [3.8, 4) is 0 Å². The van der Waals surface area contributed by atoms with Gasteiger partial charge in [0.15, 0.2) is 0 Å². The lowest BCUT2D eigenvalue weighted by Crippen LogP contribution is -2.13. The maximum Gasteiger partial charge on any atom is 0.325 e. The molecule has 0 aliphatic carbocycles. The van der Waals surface area contributed by atoms with Crippen LogP contribution < -0.4 is 4.72 Å². The van der Waals surface area contributed by atoms with Crippen LogP contribution in [0, 0.1) is 17.0 Å². The van der Waals surface area contributed by atoms with Crippen LogP contribution in [0.1, 0.15) is 5.56 Å². The van der Waals surface area contributed by atoms with Gasteiger partial charge in [-0.1, -0.05) is 17.7 Å². The van der Waals surface area contributed by atoms with Crippen LogP contribution in [-0.2, 0) is 26.1 Å². The van der Waals surface area contributed by atoms with Crippen LogP contribution in [0.4, 0.5) is 11.4 Å². The SMILES string of the molecule is COC(=O)Cn1cc(S(=O)(=O)Nc2ccc(C)cc2)c2cc([N+](=O)[O-])ccc21. The van der Waals surface area contributed by atoms with E-state index < -0.39 is 20.9 Å². The molecule has 0 unspecified atom stereocenters. The van der Waals surface area contributed by atoms with E-state index >= 15 is 0 Å². The smallest absolute Gasteiger partial charge is 0.325 e. The number of nitro groups is 1. The summed E-state index contributed by atoms with van der Waals surface area (Å²) in [5, 5.41) is 11.3. The van der Waals surface area contributed by atoms with E-state index in [1.54, 1.807) is 24.3 Å². The first-order valence-corrected chi connectivity index (χ1v) is 9.63. The van der Waals surface area contributed by atoms with Crippen LogP contribution in [0.15, 0.2) is 53.6 Å². The van der Waals surface area contributed by atoms with Crippen LogP contribution in [-0.4, -0.2) is 31.0 Å². The molecular formula is C18H17N3O6S. The predicted molar refractivity (Wildman–Crippen MR) is 103 cm³/mol. The molecule has 9 nitrogen and oxygen atoms in total. The lowest BCUT2D eigenvalue weighted by Gasteiger charge is -2.07. The third-order valence-corrected chi connectivity index (χ3v) is 5.57. The van der Waals surface area contributed by atoms with Crippen molar-refractivity contribution in [2.45, 2.75) is 18.4 Å². The highest BCUT2D eigenvalue weighted by atomic mass is 32.2. The summed E-state index contributed by atoms with van der Waals surface area (Å²) < 4.78 is 34.4. The maximum absolute atomic E-state index is 12.9. The Balaban J connectivity index is 2.14. The number of anilines is 1. The van der Waals surface area contributed by atoms with Gasteiger partial charge in [0.05, 0.1) is 17.5 Å². The number of nitro benzene ring substituents is 1. The van der Waals surface area contributed by atoms with Gasteiger partial charge in [0, 0.05) is 29.4 Å². The summed E-state index contributed by atoms with van der Waals surface area (Å²) in [6.07, 6.45) is 1.27. The topological polar surface area (TPSA) is 121 Å². The van der Waals surface area contributed by atoms with Gasteiger partial charge in [-0.15, -0.1) is 0 Å². The number of aromatic nitrogens is 1. The van der Waals surface area contributed by atoms with Gasteiger partial charge in [0.1, 0.15) is 11.4 Å². The number of esters is 1. The van der Waals surface area contributed by atoms with Crippen LogP contribution >= 0.6 is 0 Å². The van der Waals surface area contributed by atoms with E-state index in [0.717, 1.165) is 5.56 Å². The number of sulfonamides is 1. The van der Waals surface area contributed by atoms with Crippen molar-refractivity contribution >= 4 is 38.3 Å². The summed E-state index contributed by atoms with van der Waals surface area (Å²) in [5.74, 6) is -0.578. The van der Waals surface area contributed by atoms with Crippen molar-refractivity contribution in [3.63, 3.8) is 0 Å². The molecule has 0 fully saturated rings. The second-order valence-corrected chi connectivity index (χ2v) is 7.78. The monoisotopic (exact) mass is 403 g/mol. The van der Waals surface area contributed by atoms with Crippen LogP contribution in [0.2, 0.25) is 0 Å². The molecule has 28 heavy (non-hydrogen) atoms. The molecule has 1 heterocycles. The summed E-state index contributed by atoms with van der Waals surface area (Å²) in [6.45, 7) is 1.64. The molecule has 1 N–H and O–H groups in total. The number of nitrogens with one attached hydrogen (secondary N) is 1. The molecule has 0 aliphatic rings. The fourth-order valence-electron chi connectivity index (χ4n) is 2.75. The summed E-state index contributed by atoms with van der Waals surface area (Å²) in [7, 11) is -2.84. The fraction of sp³-hybridized carbons (Fsp3) is 0.167. The van der Waals surface area contributed by atoms with E-state index in [0.29, 0.717) is 11.2 Å². The van der Waals surface area contributed by atoms with Crippen molar-refractivity contribution in [3.05, 3.63) is 64.3 Å². The van der Waals surface area contributed by atoms with Crippen molar-refractivity contribution < 1.29 is 22.9 Å². The number of ether oxygens (including phenoxy) is 1. The Kier molecular flexibility index (Phi) is 5.06. The first-order chi connectivity index (χ1) is 13.2. The Morgan fingerprint density at radius 3 is 2.50 bits per heavy atom. The highest BCUT2D eigenvalue weighted by Crippen LogP contribution is 2.30. The second kappa shape index (κ2) is 7.31. The van der Waals surface area contributed by atoms with E-state index in [2.05, 4.69) is 9.46 Å². The number of hydrogen-bond donors (Lipinski definition) is 1. The predicted octanol–water partition coefficient (Wildman–Crippen LogP) is 2.83. The number of nitrogens with zero attached hydrogens (tertiary/aromatic N) is 2. The van der Waals surface area contributed by atoms with Crippen LogP contribution in [0.3, 0.4) is 0 Å². The Hall–Kier alpha value is -3.40. The Bertz CT molecular complexity index is 1170. The van der Waals surface area contributed by atoms with Crippen molar-refractivity contribution in [1.29, 1.82) is 0 Å². The van der Waals surface area contributed by atoms with Crippen LogP contribution in [0.25, 0.3) is 10.9 Å². The molecule has 10 heteroatoms. The third-order valence-electron chi connectivity index (χ3n) is 4.16. The van der Waals surface area contributed by atoms with Gasteiger partial charge < -0.3 is 9.30 Å². The Labute approximate surface area is 160 Å². The number of fused-ring (bicyclic) bond motifs is 1. The molecule has 0 radical (unpaired) electrons. The standard InChI is InChI=1S/C18H17N3O6S/c1-12-3-5-13(6-4-12)19-28(25,26)17-10-20(11-18(22)27-2)16-8-7-14(21(23)24)9-15(16)17/h3-10,19H,11H2,1-2H3. The van der Waals surface area contributed by atoms with Crippen molar-refractivity contribution in [1.82, 2.24) is 4.57 Å². The molecule has 2 aromatic carbocycles. The summed E-state index contributed by atoms with van der Waals surface area (Å²) >= 11 is 0. The summed E-state index contributed by atoms with van der Waals surface area (Å²) in [5.41, 5.74) is 1.42. The van der Waals surface area contributed by atoms with Gasteiger partial charge in [-0.25, -0.2) is 8.42 Å². The third kappa shape index (κ3) is 3.81. The number of non-ortho nitro benzene ring substituents is 1. The van der Waals surface area contributed by atoms with E-state index in [-0.39, 0.29) is 22.5 Å². The highest BCUT2D eigenvalue weighted by molar-refractivity contribution is 7.93. The van der Waals surface area contributed by atoms with Gasteiger partial charge in [-0.2, -0.15) is 0 Å². The fourth-order valence-corrected chi connectivity index (χ4v) is 4.02. The molecule has 0 bridgehead atoms. The second-order valence-electron chi connectivity index (χ2n) is 6.13. The zero-order valence-corrected chi connectivity index (χ0v) is 15.9. The lowest BCUT2D eigenvalue weighted by molar-refractivity contribution is -0.384. The first-order valence-electron chi connectivity index (χ1n) is 8.15. The van der Waals surface area contributed by atoms with Crippen molar-refractivity contribution in [2.75, 3.05) is 11.8 Å². The largest absolute Gasteiger partial charge is 0.468 e. The van der Waals surface area contributed by atoms with Gasteiger partial charge in [-0.05, 0) is 25.1 Å². The zero-order chi connectivity index (χ0) is 20.5. The molecule has 0 saturated carbocycles. The molecule has 146 valence electrons. The molecular weight excluding hydrogens is 386 g/mol. The molecule has 3 rings (SSSR count). The van der Waals surface area contributed by atoms with E-state index in [9.17, 15) is 23.3 Å². The van der Waals surface area contributed by atoms with Gasteiger partial charge in [0.2, 0.25) is 0 Å². The van der Waals surface area contributed by atoms with E-state index in [1.165, 1.54) is 36.1 Å². The minimum atomic E-state index is -4.06. The molecule has 0 atom stereocenters. The average Bonchev–Trinajstić information content (AvgIpc) is 3.02. The van der Waals surface area contributed by atoms with Gasteiger partial charge in [0.25, 0.3) is 15.7 Å². The number of hydrogen-bond acceptors (Lipinski definition) is 6. The molecule has 0 saturated heterocycles. The van der Waals surface area contributed by atoms with E-state index in [4.69, 9.17) is 0 Å². The van der Waals surface area contributed by atoms with Gasteiger partial charge >= 0.3 is 5.97 Å². The van der Waals surface area contributed by atoms with Gasteiger partial charge in [-0.3, -0.25) is 19.6 Å². The zero-order valence-electron chi connectivity index (χ0n) is 15.1. The van der Waals surface area contributed by atoms with E-state index in [1.807, 2.05) is 6.92 Å². The minimum absolute atomic E-state index is 0.137. The molecule has 0 amide bonds. The molecule has 3 aromatic rings. The number of aryl methyl sites for hydroxylation is 1. The van der Waals surface area contributed by atoms with Crippen molar-refractivity contribution in [2.24, 2.45) is 0 Å². The Morgan fingerprint density at radius 1 is 1.21 bits per heavy atom. The number of methoxy groups -OCH3 is 1. The number of carbonyl (C=O) groups excluding carboxylic acids is 1. The molecule has 0 spiro atoms. The quantitative estimate of drug-likeness (QED) is 0.384. The number of benzene rings is 2. The normalized spacial score (nSPS) is 11.4. The molecule has 0 aliphatic heterocycles. The maximum atomic E-state index is 12.9. The number of carbonyl (C=O) groups is 1. The number of rotatable bonds is 6. The molecule has 1 aromatic heterocycles. The first kappa shape index (κ1) is 19.4.